The third kappa shape index (κ3) is 3.62. The first-order valence-corrected chi connectivity index (χ1v) is 5.81. The molecule has 17 heavy (non-hydrogen) atoms. The van der Waals surface area contributed by atoms with Gasteiger partial charge in [0.1, 0.15) is 10.7 Å². The number of hydrogen-bond donors (Lipinski definition) is 3. The van der Waals surface area contributed by atoms with Crippen LogP contribution in [0.15, 0.2) is 28.8 Å². The molecule has 0 spiro atoms. The standard InChI is InChI=1S/C10H11ClFN3OS/c1-5(13)9(17-14)10(16)15-6-2-3-8(12)7(11)4-6/h2-4H,13-14H2,1H3,(H,15,16)/b9-5-. The maximum Gasteiger partial charge on any atom is 0.265 e. The molecule has 0 bridgehead atoms. The Morgan fingerprint density at radius 2 is 2.18 bits per heavy atom. The molecule has 0 aliphatic carbocycles. The second-order valence-corrected chi connectivity index (χ2v) is 4.26. The molecule has 92 valence electrons. The van der Waals surface area contributed by atoms with Crippen LogP contribution in [-0.4, -0.2) is 5.91 Å². The molecule has 0 radical (unpaired) electrons. The minimum atomic E-state index is -0.552. The highest BCUT2D eigenvalue weighted by Crippen LogP contribution is 2.21. The summed E-state index contributed by atoms with van der Waals surface area (Å²) in [6.45, 7) is 1.56. The molecule has 0 aliphatic rings. The van der Waals surface area contributed by atoms with Crippen molar-refractivity contribution < 1.29 is 9.18 Å². The van der Waals surface area contributed by atoms with Crippen molar-refractivity contribution in [1.82, 2.24) is 0 Å². The number of allylic oxidation sites excluding steroid dienone is 1. The van der Waals surface area contributed by atoms with Crippen LogP contribution in [-0.2, 0) is 4.79 Å². The first-order valence-electron chi connectivity index (χ1n) is 4.55. The lowest BCUT2D eigenvalue weighted by Gasteiger charge is -2.08. The van der Waals surface area contributed by atoms with Gasteiger partial charge in [0.2, 0.25) is 0 Å². The van der Waals surface area contributed by atoms with E-state index in [1.807, 2.05) is 0 Å². The van der Waals surface area contributed by atoms with E-state index in [9.17, 15) is 9.18 Å². The molecule has 1 amide bonds. The number of nitrogens with two attached hydrogens (primary N) is 2. The summed E-state index contributed by atoms with van der Waals surface area (Å²) in [7, 11) is 0. The summed E-state index contributed by atoms with van der Waals surface area (Å²) >= 11 is 6.33. The van der Waals surface area contributed by atoms with Crippen molar-refractivity contribution in [3.05, 3.63) is 39.6 Å². The van der Waals surface area contributed by atoms with Crippen molar-refractivity contribution in [2.45, 2.75) is 6.92 Å². The molecule has 0 saturated carbocycles. The van der Waals surface area contributed by atoms with Crippen LogP contribution < -0.4 is 16.2 Å². The Kier molecular flexibility index (Phi) is 4.80. The van der Waals surface area contributed by atoms with Gasteiger partial charge in [0.15, 0.2) is 0 Å². The maximum absolute atomic E-state index is 12.9. The minimum Gasteiger partial charge on any atom is -0.401 e. The third-order valence-electron chi connectivity index (χ3n) is 1.86. The fourth-order valence-electron chi connectivity index (χ4n) is 1.09. The van der Waals surface area contributed by atoms with E-state index in [2.05, 4.69) is 5.32 Å². The van der Waals surface area contributed by atoms with Gasteiger partial charge in [-0.25, -0.2) is 4.39 Å². The van der Waals surface area contributed by atoms with Crippen molar-refractivity contribution >= 4 is 35.1 Å². The maximum atomic E-state index is 12.9. The zero-order valence-corrected chi connectivity index (χ0v) is 10.5. The van der Waals surface area contributed by atoms with E-state index < -0.39 is 11.7 Å². The van der Waals surface area contributed by atoms with Gasteiger partial charge in [-0.1, -0.05) is 11.6 Å². The first kappa shape index (κ1) is 13.8. The third-order valence-corrected chi connectivity index (χ3v) is 2.89. The highest BCUT2D eigenvalue weighted by molar-refractivity contribution is 8.01. The molecule has 1 aromatic carbocycles. The Morgan fingerprint density at radius 3 is 2.65 bits per heavy atom. The van der Waals surface area contributed by atoms with E-state index >= 15 is 0 Å². The van der Waals surface area contributed by atoms with Crippen molar-refractivity contribution in [1.29, 1.82) is 0 Å². The van der Waals surface area contributed by atoms with Gasteiger partial charge in [-0.05, 0) is 37.1 Å². The van der Waals surface area contributed by atoms with Crippen molar-refractivity contribution in [3.63, 3.8) is 0 Å². The van der Waals surface area contributed by atoms with E-state index in [0.29, 0.717) is 11.4 Å². The molecule has 5 N–H and O–H groups in total. The molecule has 0 unspecified atom stereocenters. The number of carbonyl (C=O) groups excluding carboxylic acids is 1. The van der Waals surface area contributed by atoms with Gasteiger partial charge < -0.3 is 11.1 Å². The largest absolute Gasteiger partial charge is 0.401 e. The summed E-state index contributed by atoms with van der Waals surface area (Å²) in [5.41, 5.74) is 6.17. The number of hydrogen-bond acceptors (Lipinski definition) is 4. The SMILES string of the molecule is C/C(N)=C(/SN)C(=O)Nc1ccc(F)c(Cl)c1. The second kappa shape index (κ2) is 5.90. The normalized spacial score (nSPS) is 12.0. The molecule has 1 aromatic rings. The number of anilines is 1. The Morgan fingerprint density at radius 1 is 1.53 bits per heavy atom. The van der Waals surface area contributed by atoms with Gasteiger partial charge in [0.05, 0.1) is 5.02 Å². The molecule has 0 aromatic heterocycles. The Balaban J connectivity index is 2.88. The van der Waals surface area contributed by atoms with Crippen LogP contribution in [0.3, 0.4) is 0 Å². The summed E-state index contributed by atoms with van der Waals surface area (Å²) in [6, 6.07) is 3.86. The fourth-order valence-corrected chi connectivity index (χ4v) is 1.61. The van der Waals surface area contributed by atoms with E-state index in [1.54, 1.807) is 6.92 Å². The van der Waals surface area contributed by atoms with E-state index in [-0.39, 0.29) is 9.93 Å². The Bertz CT molecular complexity index is 475. The molecular weight excluding hydrogens is 265 g/mol. The molecule has 0 aliphatic heterocycles. The van der Waals surface area contributed by atoms with Crippen molar-refractivity contribution in [2.75, 3.05) is 5.32 Å². The van der Waals surface area contributed by atoms with Gasteiger partial charge in [-0.15, -0.1) is 0 Å². The number of rotatable bonds is 3. The summed E-state index contributed by atoms with van der Waals surface area (Å²) in [6.07, 6.45) is 0. The van der Waals surface area contributed by atoms with Gasteiger partial charge in [-0.2, -0.15) is 0 Å². The van der Waals surface area contributed by atoms with Crippen LogP contribution >= 0.6 is 23.5 Å². The summed E-state index contributed by atoms with van der Waals surface area (Å²) in [5.74, 6) is -1.01. The average molecular weight is 276 g/mol. The predicted octanol–water partition coefficient (Wildman–Crippen LogP) is 2.21. The van der Waals surface area contributed by atoms with Gasteiger partial charge in [-0.3, -0.25) is 9.93 Å². The predicted molar refractivity (Wildman–Crippen MR) is 68.7 cm³/mol. The van der Waals surface area contributed by atoms with Crippen molar-refractivity contribution in [3.8, 4) is 0 Å². The van der Waals surface area contributed by atoms with Crippen LogP contribution in [0.4, 0.5) is 10.1 Å². The minimum absolute atomic E-state index is 0.0711. The van der Waals surface area contributed by atoms with Crippen LogP contribution in [0.25, 0.3) is 0 Å². The number of amides is 1. The zero-order valence-electron chi connectivity index (χ0n) is 8.96. The van der Waals surface area contributed by atoms with Crippen LogP contribution in [0.2, 0.25) is 5.02 Å². The average Bonchev–Trinajstić information content (AvgIpc) is 2.24. The van der Waals surface area contributed by atoms with Crippen LogP contribution in [0.1, 0.15) is 6.92 Å². The summed E-state index contributed by atoms with van der Waals surface area (Å²) in [4.78, 5) is 11.9. The second-order valence-electron chi connectivity index (χ2n) is 3.21. The first-order chi connectivity index (χ1) is 7.95. The Labute approximate surface area is 107 Å². The van der Waals surface area contributed by atoms with Gasteiger partial charge in [0, 0.05) is 11.4 Å². The number of nitrogens with one attached hydrogen (secondary N) is 1. The monoisotopic (exact) mass is 275 g/mol. The molecule has 0 fully saturated rings. The van der Waals surface area contributed by atoms with Gasteiger partial charge >= 0.3 is 0 Å². The number of benzene rings is 1. The molecule has 0 saturated heterocycles. The molecule has 0 heterocycles. The van der Waals surface area contributed by atoms with E-state index in [1.165, 1.54) is 12.1 Å². The lowest BCUT2D eigenvalue weighted by molar-refractivity contribution is -0.112. The highest BCUT2D eigenvalue weighted by atomic mass is 35.5. The lowest BCUT2D eigenvalue weighted by atomic mass is 10.3. The molecule has 7 heteroatoms. The number of halogens is 2. The topological polar surface area (TPSA) is 81.1 Å². The quantitative estimate of drug-likeness (QED) is 0.584. The van der Waals surface area contributed by atoms with Crippen molar-refractivity contribution in [2.24, 2.45) is 10.9 Å². The summed E-state index contributed by atoms with van der Waals surface area (Å²) in [5, 5.41) is 7.76. The molecule has 4 nitrogen and oxygen atoms in total. The highest BCUT2D eigenvalue weighted by Gasteiger charge is 2.12. The fraction of sp³-hybridized carbons (Fsp3) is 0.100. The number of carbonyl (C=O) groups is 1. The van der Waals surface area contributed by atoms with E-state index in [0.717, 1.165) is 18.0 Å². The molecule has 0 atom stereocenters. The lowest BCUT2D eigenvalue weighted by Crippen LogP contribution is -2.17. The smallest absolute Gasteiger partial charge is 0.265 e. The summed E-state index contributed by atoms with van der Waals surface area (Å²) < 4.78 is 12.9. The Hall–Kier alpha value is -1.24. The van der Waals surface area contributed by atoms with Crippen LogP contribution in [0, 0.1) is 5.82 Å². The van der Waals surface area contributed by atoms with Crippen LogP contribution in [0.5, 0.6) is 0 Å². The molecule has 1 rings (SSSR count). The molecular formula is C10H11ClFN3OS. The van der Waals surface area contributed by atoms with E-state index in [4.69, 9.17) is 22.5 Å². The zero-order chi connectivity index (χ0) is 13.0. The van der Waals surface area contributed by atoms with Gasteiger partial charge in [0.25, 0.3) is 5.91 Å².